The first-order valence-corrected chi connectivity index (χ1v) is 10.3. The van der Waals surface area contributed by atoms with Crippen LogP contribution in [0.15, 0.2) is 47.7 Å². The number of unbranched alkanes of at least 4 members (excludes halogenated alkanes) is 3. The fourth-order valence-electron chi connectivity index (χ4n) is 4.38. The quantitative estimate of drug-likeness (QED) is 0.457. The van der Waals surface area contributed by atoms with Gasteiger partial charge in [-0.3, -0.25) is 4.90 Å². The molecule has 1 aliphatic carbocycles. The van der Waals surface area contributed by atoms with Crippen LogP contribution in [-0.4, -0.2) is 31.1 Å². The summed E-state index contributed by atoms with van der Waals surface area (Å²) in [5, 5.41) is 0. The maximum absolute atomic E-state index is 6.16. The van der Waals surface area contributed by atoms with Crippen molar-refractivity contribution < 1.29 is 4.74 Å². The Morgan fingerprint density at radius 3 is 2.23 bits per heavy atom. The van der Waals surface area contributed by atoms with Gasteiger partial charge in [0, 0.05) is 5.57 Å². The average Bonchev–Trinajstić information content (AvgIpc) is 2.95. The van der Waals surface area contributed by atoms with Gasteiger partial charge >= 0.3 is 0 Å². The monoisotopic (exact) mass is 355 g/mol. The van der Waals surface area contributed by atoms with Crippen LogP contribution in [0.2, 0.25) is 0 Å². The third-order valence-electron chi connectivity index (χ3n) is 5.65. The van der Waals surface area contributed by atoms with E-state index in [2.05, 4.69) is 83.1 Å². The lowest BCUT2D eigenvalue weighted by Gasteiger charge is -2.41. The van der Waals surface area contributed by atoms with Gasteiger partial charge in [-0.15, -0.1) is 0 Å². The van der Waals surface area contributed by atoms with E-state index >= 15 is 0 Å². The number of nitrogens with zero attached hydrogens (tertiary/aromatic N) is 1. The minimum atomic E-state index is -0.0676. The highest BCUT2D eigenvalue weighted by atomic mass is 16.5. The molecule has 144 valence electrons. The molecule has 0 aromatic heterocycles. The summed E-state index contributed by atoms with van der Waals surface area (Å²) in [7, 11) is 4.42. The Morgan fingerprint density at radius 2 is 1.69 bits per heavy atom. The maximum atomic E-state index is 6.16. The zero-order chi connectivity index (χ0) is 19.2. The summed E-state index contributed by atoms with van der Waals surface area (Å²) in [6.45, 7) is 9.72. The molecular formula is C24H37NO. The largest absolute Gasteiger partial charge is 0.493 e. The molecule has 1 aromatic carbocycles. The molecule has 26 heavy (non-hydrogen) atoms. The van der Waals surface area contributed by atoms with Gasteiger partial charge in [0.15, 0.2) is 0 Å². The molecule has 2 nitrogen and oxygen atoms in total. The van der Waals surface area contributed by atoms with Crippen LogP contribution in [0.5, 0.6) is 0 Å². The van der Waals surface area contributed by atoms with E-state index in [0.29, 0.717) is 12.5 Å². The van der Waals surface area contributed by atoms with E-state index in [0.717, 1.165) is 12.2 Å². The number of rotatable bonds is 10. The second-order valence-electron chi connectivity index (χ2n) is 7.85. The molecule has 0 aliphatic heterocycles. The molecule has 0 N–H and O–H groups in total. The highest BCUT2D eigenvalue weighted by Gasteiger charge is 2.45. The molecule has 1 atom stereocenters. The molecule has 0 saturated heterocycles. The first kappa shape index (κ1) is 20.8. The second-order valence-corrected chi connectivity index (χ2v) is 7.85. The summed E-state index contributed by atoms with van der Waals surface area (Å²) in [6.07, 6.45) is 8.65. The lowest BCUT2D eigenvalue weighted by atomic mass is 9.77. The predicted molar refractivity (Wildman–Crippen MR) is 113 cm³/mol. The van der Waals surface area contributed by atoms with Crippen molar-refractivity contribution in [1.82, 2.24) is 4.90 Å². The fraction of sp³-hybridized carbons (Fsp3) is 0.583. The molecule has 1 aromatic rings. The van der Waals surface area contributed by atoms with Crippen LogP contribution < -0.4 is 0 Å². The Kier molecular flexibility index (Phi) is 7.52. The lowest BCUT2D eigenvalue weighted by Crippen LogP contribution is -2.47. The van der Waals surface area contributed by atoms with Crippen molar-refractivity contribution in [1.29, 1.82) is 0 Å². The normalized spacial score (nSPS) is 20.2. The number of hydrogen-bond acceptors (Lipinski definition) is 2. The van der Waals surface area contributed by atoms with Crippen molar-refractivity contribution in [3.63, 3.8) is 0 Å². The first-order valence-electron chi connectivity index (χ1n) is 10.3. The topological polar surface area (TPSA) is 12.5 Å². The Bertz CT molecular complexity index is 617. The predicted octanol–water partition coefficient (Wildman–Crippen LogP) is 6.30. The zero-order valence-corrected chi connectivity index (χ0v) is 17.6. The van der Waals surface area contributed by atoms with Crippen LogP contribution in [0.3, 0.4) is 0 Å². The molecule has 0 radical (unpaired) electrons. The molecular weight excluding hydrogens is 318 g/mol. The fourth-order valence-corrected chi connectivity index (χ4v) is 4.38. The Morgan fingerprint density at radius 1 is 1.00 bits per heavy atom. The molecule has 0 fully saturated rings. The maximum Gasteiger partial charge on any atom is 0.125 e. The van der Waals surface area contributed by atoms with Gasteiger partial charge in [0.25, 0.3) is 0 Å². The summed E-state index contributed by atoms with van der Waals surface area (Å²) >= 11 is 0. The lowest BCUT2D eigenvalue weighted by molar-refractivity contribution is 0.178. The van der Waals surface area contributed by atoms with Gasteiger partial charge in [0.05, 0.1) is 12.1 Å². The number of ether oxygens (including phenoxy) is 1. The number of likely N-dealkylation sites (N-methyl/N-ethyl adjacent to an activating group) is 1. The van der Waals surface area contributed by atoms with Crippen LogP contribution in [0.4, 0.5) is 0 Å². The summed E-state index contributed by atoms with van der Waals surface area (Å²) in [6, 6.07) is 10.8. The SMILES string of the molecule is CCCCCCC1=C(c2ccccc2)C(OCC)=CC1(C(C)C)N(C)C. The third kappa shape index (κ3) is 4.06. The van der Waals surface area contributed by atoms with Crippen molar-refractivity contribution in [3.05, 3.63) is 53.3 Å². The summed E-state index contributed by atoms with van der Waals surface area (Å²) in [5.74, 6) is 1.54. The molecule has 2 heteroatoms. The van der Waals surface area contributed by atoms with E-state index in [1.807, 2.05) is 0 Å². The van der Waals surface area contributed by atoms with E-state index in [1.165, 1.54) is 42.4 Å². The Balaban J connectivity index is 2.58. The minimum Gasteiger partial charge on any atom is -0.493 e. The average molecular weight is 356 g/mol. The van der Waals surface area contributed by atoms with Crippen molar-refractivity contribution in [2.45, 2.75) is 65.3 Å². The highest BCUT2D eigenvalue weighted by molar-refractivity contribution is 5.85. The second kappa shape index (κ2) is 9.41. The van der Waals surface area contributed by atoms with Gasteiger partial charge in [-0.2, -0.15) is 0 Å². The van der Waals surface area contributed by atoms with Gasteiger partial charge in [-0.1, -0.05) is 70.4 Å². The number of benzene rings is 1. The van der Waals surface area contributed by atoms with Gasteiger partial charge < -0.3 is 4.74 Å². The summed E-state index contributed by atoms with van der Waals surface area (Å²) < 4.78 is 6.16. The molecule has 2 rings (SSSR count). The summed E-state index contributed by atoms with van der Waals surface area (Å²) in [4.78, 5) is 2.39. The van der Waals surface area contributed by atoms with Gasteiger partial charge in [-0.25, -0.2) is 0 Å². The van der Waals surface area contributed by atoms with Crippen LogP contribution in [-0.2, 0) is 4.74 Å². The van der Waals surface area contributed by atoms with Gasteiger partial charge in [0.2, 0.25) is 0 Å². The molecule has 0 bridgehead atoms. The van der Waals surface area contributed by atoms with Crippen molar-refractivity contribution >= 4 is 5.57 Å². The van der Waals surface area contributed by atoms with Crippen LogP contribution in [0.25, 0.3) is 5.57 Å². The summed E-state index contributed by atoms with van der Waals surface area (Å²) in [5.41, 5.74) is 4.07. The van der Waals surface area contributed by atoms with Crippen LogP contribution in [0, 0.1) is 5.92 Å². The first-order chi connectivity index (χ1) is 12.5. The molecule has 0 spiro atoms. The zero-order valence-electron chi connectivity index (χ0n) is 17.6. The van der Waals surface area contributed by atoms with Gasteiger partial charge in [-0.05, 0) is 57.0 Å². The van der Waals surface area contributed by atoms with Crippen LogP contribution >= 0.6 is 0 Å². The van der Waals surface area contributed by atoms with E-state index in [9.17, 15) is 0 Å². The number of hydrogen-bond donors (Lipinski definition) is 0. The molecule has 1 unspecified atom stereocenters. The Hall–Kier alpha value is -1.54. The number of allylic oxidation sites excluding steroid dienone is 1. The van der Waals surface area contributed by atoms with Crippen LogP contribution in [0.1, 0.15) is 65.4 Å². The standard InChI is InChI=1S/C24H37NO/c1-7-9-10-14-17-21-23(20-15-12-11-13-16-20)22(26-8-2)18-24(21,19(3)4)25(5)6/h11-13,15-16,18-19H,7-10,14,17H2,1-6H3. The third-order valence-corrected chi connectivity index (χ3v) is 5.65. The molecule has 1 aliphatic rings. The van der Waals surface area contributed by atoms with E-state index in [4.69, 9.17) is 4.74 Å². The van der Waals surface area contributed by atoms with Gasteiger partial charge in [0.1, 0.15) is 5.76 Å². The van der Waals surface area contributed by atoms with E-state index in [-0.39, 0.29) is 5.54 Å². The smallest absolute Gasteiger partial charge is 0.125 e. The van der Waals surface area contributed by atoms with Crippen molar-refractivity contribution in [3.8, 4) is 0 Å². The highest BCUT2D eigenvalue weighted by Crippen LogP contribution is 2.48. The minimum absolute atomic E-state index is 0.0676. The molecule has 0 amide bonds. The van der Waals surface area contributed by atoms with Crippen molar-refractivity contribution in [2.75, 3.05) is 20.7 Å². The van der Waals surface area contributed by atoms with E-state index in [1.54, 1.807) is 0 Å². The van der Waals surface area contributed by atoms with Crippen molar-refractivity contribution in [2.24, 2.45) is 5.92 Å². The van der Waals surface area contributed by atoms with E-state index < -0.39 is 0 Å². The Labute approximate surface area is 160 Å². The molecule has 0 heterocycles. The molecule has 0 saturated carbocycles.